The first-order valence-corrected chi connectivity index (χ1v) is 7.57. The molecule has 1 aliphatic rings. The van der Waals surface area contributed by atoms with Gasteiger partial charge in [-0.15, -0.1) is 0 Å². The number of carbonyl (C=O) groups is 1. The van der Waals surface area contributed by atoms with Gasteiger partial charge >= 0.3 is 5.97 Å². The van der Waals surface area contributed by atoms with E-state index < -0.39 is 5.97 Å². The summed E-state index contributed by atoms with van der Waals surface area (Å²) in [7, 11) is 2.06. The van der Waals surface area contributed by atoms with Crippen molar-refractivity contribution in [2.24, 2.45) is 5.41 Å². The molecule has 0 atom stereocenters. The van der Waals surface area contributed by atoms with Crippen molar-refractivity contribution >= 4 is 17.3 Å². The standard InChI is InChI=1S/C17H26N2O2/c1-11-9-13(10-14(15(11)18)16(20)21)19(4)12-5-7-17(2,3)8-6-12/h9-10,12H,5-8,18H2,1-4H3,(H,20,21). The van der Waals surface area contributed by atoms with Crippen LogP contribution in [0.5, 0.6) is 0 Å². The molecule has 1 fully saturated rings. The number of benzene rings is 1. The predicted molar refractivity (Wildman–Crippen MR) is 87.0 cm³/mol. The second-order valence-electron chi connectivity index (χ2n) is 7.04. The van der Waals surface area contributed by atoms with Crippen molar-refractivity contribution in [2.75, 3.05) is 17.7 Å². The highest BCUT2D eigenvalue weighted by Gasteiger charge is 2.29. The number of rotatable bonds is 3. The molecule has 0 amide bonds. The van der Waals surface area contributed by atoms with Gasteiger partial charge in [-0.3, -0.25) is 0 Å². The maximum Gasteiger partial charge on any atom is 0.337 e. The lowest BCUT2D eigenvalue weighted by Crippen LogP contribution is -2.37. The number of carboxylic acid groups (broad SMARTS) is 1. The van der Waals surface area contributed by atoms with Gasteiger partial charge in [0.1, 0.15) is 0 Å². The summed E-state index contributed by atoms with van der Waals surface area (Å²) in [5, 5.41) is 9.28. The molecule has 1 saturated carbocycles. The zero-order valence-corrected chi connectivity index (χ0v) is 13.4. The lowest BCUT2D eigenvalue weighted by atomic mass is 9.75. The summed E-state index contributed by atoms with van der Waals surface area (Å²) in [6.07, 6.45) is 4.72. The average Bonchev–Trinajstić information content (AvgIpc) is 2.40. The molecule has 4 nitrogen and oxygen atoms in total. The molecule has 4 heteroatoms. The van der Waals surface area contributed by atoms with Gasteiger partial charge in [0, 0.05) is 24.5 Å². The van der Waals surface area contributed by atoms with Crippen molar-refractivity contribution in [1.82, 2.24) is 0 Å². The maximum absolute atomic E-state index is 11.3. The van der Waals surface area contributed by atoms with Gasteiger partial charge in [-0.25, -0.2) is 4.79 Å². The van der Waals surface area contributed by atoms with Crippen LogP contribution in [-0.2, 0) is 0 Å². The van der Waals surface area contributed by atoms with Crippen LogP contribution < -0.4 is 10.6 Å². The largest absolute Gasteiger partial charge is 0.478 e. The first-order chi connectivity index (χ1) is 9.71. The fourth-order valence-corrected chi connectivity index (χ4v) is 3.14. The molecule has 1 aromatic carbocycles. The maximum atomic E-state index is 11.3. The third-order valence-electron chi connectivity index (χ3n) is 4.87. The molecule has 0 bridgehead atoms. The second kappa shape index (κ2) is 5.58. The van der Waals surface area contributed by atoms with Crippen LogP contribution in [0.1, 0.15) is 55.5 Å². The van der Waals surface area contributed by atoms with Crippen LogP contribution >= 0.6 is 0 Å². The number of hydrogen-bond acceptors (Lipinski definition) is 3. The van der Waals surface area contributed by atoms with Crippen LogP contribution in [0.2, 0.25) is 0 Å². The predicted octanol–water partition coefficient (Wildman–Crippen LogP) is 3.68. The van der Waals surface area contributed by atoms with Gasteiger partial charge in [0.15, 0.2) is 0 Å². The lowest BCUT2D eigenvalue weighted by Gasteiger charge is -2.39. The molecule has 0 heterocycles. The van der Waals surface area contributed by atoms with E-state index in [0.717, 1.165) is 24.1 Å². The number of nitrogens with two attached hydrogens (primary N) is 1. The summed E-state index contributed by atoms with van der Waals surface area (Å²) < 4.78 is 0. The third kappa shape index (κ3) is 3.31. The number of aromatic carboxylic acids is 1. The molecule has 1 aliphatic carbocycles. The van der Waals surface area contributed by atoms with Crippen LogP contribution in [0.25, 0.3) is 0 Å². The number of aryl methyl sites for hydroxylation is 1. The number of hydrogen-bond donors (Lipinski definition) is 2. The third-order valence-corrected chi connectivity index (χ3v) is 4.87. The van der Waals surface area contributed by atoms with Crippen LogP contribution in [0.15, 0.2) is 12.1 Å². The zero-order chi connectivity index (χ0) is 15.8. The topological polar surface area (TPSA) is 66.6 Å². The summed E-state index contributed by atoms with van der Waals surface area (Å²) in [6, 6.07) is 4.16. The Hall–Kier alpha value is -1.71. The van der Waals surface area contributed by atoms with E-state index in [9.17, 15) is 9.90 Å². The smallest absolute Gasteiger partial charge is 0.337 e. The minimum atomic E-state index is -0.962. The normalized spacial score (nSPS) is 18.5. The molecule has 3 N–H and O–H groups in total. The molecule has 0 unspecified atom stereocenters. The zero-order valence-electron chi connectivity index (χ0n) is 13.4. The Labute approximate surface area is 126 Å². The number of nitrogens with zero attached hydrogens (tertiary/aromatic N) is 1. The highest BCUT2D eigenvalue weighted by atomic mass is 16.4. The summed E-state index contributed by atoms with van der Waals surface area (Å²) in [4.78, 5) is 13.5. The SMILES string of the molecule is Cc1cc(N(C)C2CCC(C)(C)CC2)cc(C(=O)O)c1N. The summed E-state index contributed by atoms with van der Waals surface area (Å²) >= 11 is 0. The van der Waals surface area contributed by atoms with Crippen molar-refractivity contribution in [2.45, 2.75) is 52.5 Å². The van der Waals surface area contributed by atoms with Crippen molar-refractivity contribution < 1.29 is 9.90 Å². The first kappa shape index (κ1) is 15.7. The highest BCUT2D eigenvalue weighted by Crippen LogP contribution is 2.38. The average molecular weight is 290 g/mol. The molecule has 0 saturated heterocycles. The molecule has 0 spiro atoms. The second-order valence-corrected chi connectivity index (χ2v) is 7.04. The van der Waals surface area contributed by atoms with E-state index in [-0.39, 0.29) is 5.56 Å². The van der Waals surface area contributed by atoms with E-state index in [1.165, 1.54) is 12.8 Å². The summed E-state index contributed by atoms with van der Waals surface area (Å²) in [5.41, 5.74) is 8.64. The van der Waals surface area contributed by atoms with Crippen LogP contribution in [0, 0.1) is 12.3 Å². The molecule has 1 aromatic rings. The van der Waals surface area contributed by atoms with Crippen LogP contribution in [-0.4, -0.2) is 24.2 Å². The number of carboxylic acids is 1. The van der Waals surface area contributed by atoms with E-state index >= 15 is 0 Å². The molecule has 21 heavy (non-hydrogen) atoms. The van der Waals surface area contributed by atoms with Crippen molar-refractivity contribution in [3.8, 4) is 0 Å². The quantitative estimate of drug-likeness (QED) is 0.833. The molecule has 2 rings (SSSR count). The Morgan fingerprint density at radius 2 is 1.90 bits per heavy atom. The van der Waals surface area contributed by atoms with E-state index in [0.29, 0.717) is 17.1 Å². The van der Waals surface area contributed by atoms with Crippen molar-refractivity contribution in [3.05, 3.63) is 23.3 Å². The van der Waals surface area contributed by atoms with Gasteiger partial charge in [-0.2, -0.15) is 0 Å². The fourth-order valence-electron chi connectivity index (χ4n) is 3.14. The summed E-state index contributed by atoms with van der Waals surface area (Å²) in [5.74, 6) is -0.962. The van der Waals surface area contributed by atoms with Gasteiger partial charge in [0.05, 0.1) is 5.56 Å². The van der Waals surface area contributed by atoms with Gasteiger partial charge in [-0.1, -0.05) is 13.8 Å². The van der Waals surface area contributed by atoms with Crippen LogP contribution in [0.3, 0.4) is 0 Å². The first-order valence-electron chi connectivity index (χ1n) is 7.57. The monoisotopic (exact) mass is 290 g/mol. The van der Waals surface area contributed by atoms with E-state index in [2.05, 4.69) is 25.8 Å². The van der Waals surface area contributed by atoms with Gasteiger partial charge in [-0.05, 0) is 55.7 Å². The van der Waals surface area contributed by atoms with Gasteiger partial charge < -0.3 is 15.7 Å². The van der Waals surface area contributed by atoms with Gasteiger partial charge in [0.25, 0.3) is 0 Å². The van der Waals surface area contributed by atoms with Crippen molar-refractivity contribution in [1.29, 1.82) is 0 Å². The Kier molecular flexibility index (Phi) is 4.17. The molecular weight excluding hydrogens is 264 g/mol. The highest BCUT2D eigenvalue weighted by molar-refractivity contribution is 5.95. The lowest BCUT2D eigenvalue weighted by molar-refractivity contribution is 0.0698. The molecule has 0 aliphatic heterocycles. The van der Waals surface area contributed by atoms with E-state index in [1.54, 1.807) is 6.07 Å². The Balaban J connectivity index is 2.24. The summed E-state index contributed by atoms with van der Waals surface area (Å²) in [6.45, 7) is 6.50. The molecular formula is C17H26N2O2. The van der Waals surface area contributed by atoms with Gasteiger partial charge in [0.2, 0.25) is 0 Å². The van der Waals surface area contributed by atoms with E-state index in [1.807, 2.05) is 13.0 Å². The Bertz CT molecular complexity index is 542. The number of anilines is 2. The number of nitrogen functional groups attached to an aromatic ring is 1. The fraction of sp³-hybridized carbons (Fsp3) is 0.588. The van der Waals surface area contributed by atoms with Crippen molar-refractivity contribution in [3.63, 3.8) is 0 Å². The minimum Gasteiger partial charge on any atom is -0.478 e. The van der Waals surface area contributed by atoms with E-state index in [4.69, 9.17) is 5.73 Å². The minimum absolute atomic E-state index is 0.202. The molecule has 116 valence electrons. The molecule has 0 radical (unpaired) electrons. The molecule has 0 aromatic heterocycles. The Morgan fingerprint density at radius 1 is 1.33 bits per heavy atom. The Morgan fingerprint density at radius 3 is 2.43 bits per heavy atom. The van der Waals surface area contributed by atoms with Crippen LogP contribution in [0.4, 0.5) is 11.4 Å².